The lowest BCUT2D eigenvalue weighted by Crippen LogP contribution is -2.31. The molecule has 0 saturated carbocycles. The fourth-order valence-electron chi connectivity index (χ4n) is 1.27. The van der Waals surface area contributed by atoms with Gasteiger partial charge >= 0.3 is 0 Å². The van der Waals surface area contributed by atoms with Crippen molar-refractivity contribution in [1.29, 1.82) is 0 Å². The lowest BCUT2D eigenvalue weighted by atomic mass is 10.3. The van der Waals surface area contributed by atoms with Crippen molar-refractivity contribution in [3.63, 3.8) is 0 Å². The molecule has 0 unspecified atom stereocenters. The first-order chi connectivity index (χ1) is 7.45. The summed E-state index contributed by atoms with van der Waals surface area (Å²) in [5.41, 5.74) is 0.749. The number of Topliss-reactive ketones (excluding diaryl/α,β-unsaturated/α-hetero) is 1. The lowest BCUT2D eigenvalue weighted by molar-refractivity contribution is -0.143. The fourth-order valence-corrected chi connectivity index (χ4v) is 1.71. The topological polar surface area (TPSA) is 55.2 Å². The maximum atomic E-state index is 11.4. The summed E-state index contributed by atoms with van der Waals surface area (Å²) in [6.07, 6.45) is 1.85. The molecule has 5 nitrogen and oxygen atoms in total. The van der Waals surface area contributed by atoms with E-state index in [4.69, 9.17) is 0 Å². The number of halogens is 1. The Morgan fingerprint density at radius 1 is 1.56 bits per heavy atom. The molecule has 0 aliphatic heterocycles. The molecule has 0 fully saturated rings. The van der Waals surface area contributed by atoms with Crippen molar-refractivity contribution >= 4 is 27.6 Å². The van der Waals surface area contributed by atoms with E-state index in [9.17, 15) is 9.59 Å². The summed E-state index contributed by atoms with van der Waals surface area (Å²) < 4.78 is 2.61. The SMILES string of the molecule is CCn1cc(Br)c(CN(C)C(=O)C(C)=O)n1. The summed E-state index contributed by atoms with van der Waals surface area (Å²) in [7, 11) is 1.58. The highest BCUT2D eigenvalue weighted by atomic mass is 79.9. The van der Waals surface area contributed by atoms with E-state index < -0.39 is 11.7 Å². The Labute approximate surface area is 103 Å². The highest BCUT2D eigenvalue weighted by Crippen LogP contribution is 2.16. The predicted molar refractivity (Wildman–Crippen MR) is 62.8 cm³/mol. The first-order valence-corrected chi connectivity index (χ1v) is 5.72. The highest BCUT2D eigenvalue weighted by Gasteiger charge is 2.16. The fraction of sp³-hybridized carbons (Fsp3) is 0.500. The van der Waals surface area contributed by atoms with Gasteiger partial charge in [0.1, 0.15) is 0 Å². The summed E-state index contributed by atoms with van der Waals surface area (Å²) in [6, 6.07) is 0. The molecule has 1 heterocycles. The van der Waals surface area contributed by atoms with Gasteiger partial charge in [0, 0.05) is 26.7 Å². The molecule has 6 heteroatoms. The third kappa shape index (κ3) is 2.91. The number of aryl methyl sites for hydroxylation is 1. The number of hydrogen-bond donors (Lipinski definition) is 0. The van der Waals surface area contributed by atoms with E-state index >= 15 is 0 Å². The standard InChI is InChI=1S/C10H14BrN3O2/c1-4-14-5-8(11)9(12-14)6-13(3)10(16)7(2)15/h5H,4,6H2,1-3H3. The van der Waals surface area contributed by atoms with Crippen LogP contribution in [-0.2, 0) is 22.7 Å². The van der Waals surface area contributed by atoms with Gasteiger partial charge in [-0.1, -0.05) is 0 Å². The molecule has 0 spiro atoms. The molecule has 0 N–H and O–H groups in total. The van der Waals surface area contributed by atoms with Crippen LogP contribution in [0.25, 0.3) is 0 Å². The summed E-state index contributed by atoms with van der Waals surface area (Å²) in [6.45, 7) is 4.33. The zero-order valence-corrected chi connectivity index (χ0v) is 11.1. The third-order valence-corrected chi connectivity index (χ3v) is 2.81. The van der Waals surface area contributed by atoms with Crippen LogP contribution in [0.3, 0.4) is 0 Å². The molecule has 0 aliphatic carbocycles. The predicted octanol–water partition coefficient (Wildman–Crippen LogP) is 1.21. The molecular formula is C10H14BrN3O2. The third-order valence-electron chi connectivity index (χ3n) is 2.15. The molecule has 0 radical (unpaired) electrons. The average molecular weight is 288 g/mol. The largest absolute Gasteiger partial charge is 0.333 e. The molecule has 16 heavy (non-hydrogen) atoms. The zero-order chi connectivity index (χ0) is 12.3. The summed E-state index contributed by atoms with van der Waals surface area (Å²) in [5.74, 6) is -0.966. The average Bonchev–Trinajstić information content (AvgIpc) is 2.58. The number of nitrogens with zero attached hydrogens (tertiary/aromatic N) is 3. The normalized spacial score (nSPS) is 10.2. The van der Waals surface area contributed by atoms with Crippen molar-refractivity contribution < 1.29 is 9.59 Å². The quantitative estimate of drug-likeness (QED) is 0.783. The van der Waals surface area contributed by atoms with Crippen LogP contribution in [0, 0.1) is 0 Å². The molecule has 1 aromatic heterocycles. The molecule has 0 aromatic carbocycles. The second-order valence-corrected chi connectivity index (χ2v) is 4.35. The van der Waals surface area contributed by atoms with E-state index in [0.717, 1.165) is 16.7 Å². The van der Waals surface area contributed by atoms with Gasteiger partial charge in [-0.2, -0.15) is 5.10 Å². The van der Waals surface area contributed by atoms with Gasteiger partial charge in [-0.15, -0.1) is 0 Å². The maximum Gasteiger partial charge on any atom is 0.289 e. The molecule has 1 amide bonds. The molecule has 1 aromatic rings. The Hall–Kier alpha value is -1.17. The maximum absolute atomic E-state index is 11.4. The van der Waals surface area contributed by atoms with Crippen molar-refractivity contribution in [2.24, 2.45) is 0 Å². The van der Waals surface area contributed by atoms with E-state index in [0.29, 0.717) is 6.54 Å². The summed E-state index contributed by atoms with van der Waals surface area (Å²) >= 11 is 3.37. The van der Waals surface area contributed by atoms with Gasteiger partial charge < -0.3 is 4.90 Å². The number of aromatic nitrogens is 2. The van der Waals surface area contributed by atoms with Crippen molar-refractivity contribution in [3.8, 4) is 0 Å². The molecule has 0 atom stereocenters. The van der Waals surface area contributed by atoms with Gasteiger partial charge in [0.25, 0.3) is 5.91 Å². The van der Waals surface area contributed by atoms with E-state index in [1.54, 1.807) is 11.7 Å². The van der Waals surface area contributed by atoms with Gasteiger partial charge in [-0.05, 0) is 22.9 Å². The zero-order valence-electron chi connectivity index (χ0n) is 9.53. The van der Waals surface area contributed by atoms with Crippen molar-refractivity contribution in [1.82, 2.24) is 14.7 Å². The molecular weight excluding hydrogens is 274 g/mol. The number of amides is 1. The van der Waals surface area contributed by atoms with Gasteiger partial charge in [0.15, 0.2) is 0 Å². The number of rotatable bonds is 4. The van der Waals surface area contributed by atoms with E-state index in [-0.39, 0.29) is 0 Å². The number of ketones is 1. The lowest BCUT2D eigenvalue weighted by Gasteiger charge is -2.13. The first kappa shape index (κ1) is 12.9. The monoisotopic (exact) mass is 287 g/mol. The summed E-state index contributed by atoms with van der Waals surface area (Å²) in [5, 5.41) is 4.27. The van der Waals surface area contributed by atoms with Gasteiger partial charge in [-0.3, -0.25) is 14.3 Å². The van der Waals surface area contributed by atoms with Crippen molar-refractivity contribution in [2.45, 2.75) is 26.9 Å². The summed E-state index contributed by atoms with van der Waals surface area (Å²) in [4.78, 5) is 23.6. The van der Waals surface area contributed by atoms with Gasteiger partial charge in [-0.25, -0.2) is 0 Å². The van der Waals surface area contributed by atoms with Crippen LogP contribution in [0.2, 0.25) is 0 Å². The smallest absolute Gasteiger partial charge is 0.289 e. The Kier molecular flexibility index (Phi) is 4.23. The van der Waals surface area contributed by atoms with Crippen LogP contribution in [0.15, 0.2) is 10.7 Å². The van der Waals surface area contributed by atoms with Crippen LogP contribution in [-0.4, -0.2) is 33.4 Å². The molecule has 0 bridgehead atoms. The first-order valence-electron chi connectivity index (χ1n) is 4.93. The second-order valence-electron chi connectivity index (χ2n) is 3.50. The Morgan fingerprint density at radius 3 is 2.62 bits per heavy atom. The minimum atomic E-state index is -0.502. The minimum absolute atomic E-state index is 0.325. The van der Waals surface area contributed by atoms with E-state index in [1.165, 1.54) is 11.8 Å². The van der Waals surface area contributed by atoms with E-state index in [2.05, 4.69) is 21.0 Å². The van der Waals surface area contributed by atoms with Crippen LogP contribution in [0.1, 0.15) is 19.5 Å². The van der Waals surface area contributed by atoms with Gasteiger partial charge in [0.05, 0.1) is 16.7 Å². The van der Waals surface area contributed by atoms with Crippen molar-refractivity contribution in [3.05, 3.63) is 16.4 Å². The Morgan fingerprint density at radius 2 is 2.19 bits per heavy atom. The number of carbonyl (C=O) groups is 2. The van der Waals surface area contributed by atoms with Crippen LogP contribution >= 0.6 is 15.9 Å². The van der Waals surface area contributed by atoms with E-state index in [1.807, 2.05) is 13.1 Å². The molecule has 0 aliphatic rings. The number of likely N-dealkylation sites (N-methyl/N-ethyl adjacent to an activating group) is 1. The second kappa shape index (κ2) is 5.25. The molecule has 88 valence electrons. The van der Waals surface area contributed by atoms with Crippen LogP contribution in [0.5, 0.6) is 0 Å². The number of hydrogen-bond acceptors (Lipinski definition) is 3. The molecule has 0 saturated heterocycles. The molecule has 1 rings (SSSR count). The van der Waals surface area contributed by atoms with Crippen molar-refractivity contribution in [2.75, 3.05) is 7.05 Å². The minimum Gasteiger partial charge on any atom is -0.333 e. The highest BCUT2D eigenvalue weighted by molar-refractivity contribution is 9.10. The Bertz CT molecular complexity index is 414. The van der Waals surface area contributed by atoms with Crippen LogP contribution in [0.4, 0.5) is 0 Å². The van der Waals surface area contributed by atoms with Gasteiger partial charge in [0.2, 0.25) is 5.78 Å². The van der Waals surface area contributed by atoms with Crippen LogP contribution < -0.4 is 0 Å². The Balaban J connectivity index is 2.76. The number of carbonyl (C=O) groups excluding carboxylic acids is 2.